The van der Waals surface area contributed by atoms with Gasteiger partial charge in [-0.25, -0.2) is 0 Å². The molecular weight excluding hydrogens is 260 g/mol. The van der Waals surface area contributed by atoms with Crippen LogP contribution < -0.4 is 5.32 Å². The fourth-order valence-electron chi connectivity index (χ4n) is 2.17. The topological polar surface area (TPSA) is 88.3 Å². The second-order valence-corrected chi connectivity index (χ2v) is 6.03. The van der Waals surface area contributed by atoms with Gasteiger partial charge in [-0.05, 0) is 5.41 Å². The number of aromatic nitrogens is 2. The van der Waals surface area contributed by atoms with Crippen molar-refractivity contribution in [3.63, 3.8) is 0 Å². The molecule has 1 unspecified atom stereocenters. The van der Waals surface area contributed by atoms with Crippen LogP contribution in [0.2, 0.25) is 0 Å². The lowest BCUT2D eigenvalue weighted by Gasteiger charge is -2.32. The van der Waals surface area contributed by atoms with E-state index in [-0.39, 0.29) is 17.2 Å². The minimum Gasteiger partial charge on any atom is -0.344 e. The SMILES string of the molecule is CC(C)(C)C1NC(=O)CCN(CCc2ncno2)C1=O. The van der Waals surface area contributed by atoms with Gasteiger partial charge in [0, 0.05) is 25.9 Å². The third kappa shape index (κ3) is 3.34. The van der Waals surface area contributed by atoms with Crippen molar-refractivity contribution in [3.8, 4) is 0 Å². The third-order valence-corrected chi connectivity index (χ3v) is 3.34. The largest absolute Gasteiger partial charge is 0.344 e. The molecule has 0 saturated carbocycles. The molecule has 1 aromatic rings. The highest BCUT2D eigenvalue weighted by molar-refractivity contribution is 5.90. The first-order chi connectivity index (χ1) is 9.38. The van der Waals surface area contributed by atoms with Crippen LogP contribution >= 0.6 is 0 Å². The van der Waals surface area contributed by atoms with Gasteiger partial charge in [0.1, 0.15) is 6.04 Å². The molecule has 20 heavy (non-hydrogen) atoms. The predicted octanol–water partition coefficient (Wildman–Crippen LogP) is 0.375. The van der Waals surface area contributed by atoms with Gasteiger partial charge in [-0.2, -0.15) is 4.98 Å². The maximum Gasteiger partial charge on any atom is 0.245 e. The van der Waals surface area contributed by atoms with Crippen molar-refractivity contribution in [2.45, 2.75) is 39.7 Å². The van der Waals surface area contributed by atoms with Crippen LogP contribution in [0.25, 0.3) is 0 Å². The first-order valence-electron chi connectivity index (χ1n) is 6.71. The summed E-state index contributed by atoms with van der Waals surface area (Å²) >= 11 is 0. The summed E-state index contributed by atoms with van der Waals surface area (Å²) in [4.78, 5) is 29.9. The Labute approximate surface area is 117 Å². The van der Waals surface area contributed by atoms with Crippen molar-refractivity contribution in [3.05, 3.63) is 12.2 Å². The monoisotopic (exact) mass is 280 g/mol. The summed E-state index contributed by atoms with van der Waals surface area (Å²) in [6.07, 6.45) is 2.15. The number of hydrogen-bond donors (Lipinski definition) is 1. The number of carbonyl (C=O) groups is 2. The van der Waals surface area contributed by atoms with E-state index in [4.69, 9.17) is 4.52 Å². The molecule has 0 aliphatic carbocycles. The Bertz CT molecular complexity index is 478. The zero-order valence-electron chi connectivity index (χ0n) is 12.0. The van der Waals surface area contributed by atoms with Crippen LogP contribution in [0.3, 0.4) is 0 Å². The molecule has 7 nitrogen and oxygen atoms in total. The van der Waals surface area contributed by atoms with Gasteiger partial charge in [-0.3, -0.25) is 9.59 Å². The molecule has 110 valence electrons. The molecule has 1 atom stereocenters. The van der Waals surface area contributed by atoms with E-state index >= 15 is 0 Å². The summed E-state index contributed by atoms with van der Waals surface area (Å²) in [7, 11) is 0. The van der Waals surface area contributed by atoms with E-state index in [1.807, 2.05) is 20.8 Å². The molecule has 0 bridgehead atoms. The maximum atomic E-state index is 12.5. The van der Waals surface area contributed by atoms with Gasteiger partial charge in [0.2, 0.25) is 17.7 Å². The van der Waals surface area contributed by atoms with E-state index in [0.717, 1.165) is 0 Å². The molecule has 0 spiro atoms. The molecule has 1 fully saturated rings. The fraction of sp³-hybridized carbons (Fsp3) is 0.692. The van der Waals surface area contributed by atoms with Crippen LogP contribution in [0.15, 0.2) is 10.9 Å². The first kappa shape index (κ1) is 14.5. The second kappa shape index (κ2) is 5.60. The van der Waals surface area contributed by atoms with Gasteiger partial charge in [0.05, 0.1) is 0 Å². The van der Waals surface area contributed by atoms with Gasteiger partial charge >= 0.3 is 0 Å². The number of rotatable bonds is 3. The van der Waals surface area contributed by atoms with E-state index in [0.29, 0.717) is 31.8 Å². The van der Waals surface area contributed by atoms with Crippen LogP contribution in [0, 0.1) is 5.41 Å². The number of carbonyl (C=O) groups excluding carboxylic acids is 2. The predicted molar refractivity (Wildman–Crippen MR) is 70.6 cm³/mol. The summed E-state index contributed by atoms with van der Waals surface area (Å²) in [6, 6.07) is -0.500. The lowest BCUT2D eigenvalue weighted by Crippen LogP contribution is -2.52. The van der Waals surface area contributed by atoms with E-state index in [1.165, 1.54) is 6.33 Å². The summed E-state index contributed by atoms with van der Waals surface area (Å²) in [5.41, 5.74) is -0.320. The van der Waals surface area contributed by atoms with E-state index in [1.54, 1.807) is 4.90 Å². The highest BCUT2D eigenvalue weighted by Crippen LogP contribution is 2.23. The van der Waals surface area contributed by atoms with Gasteiger partial charge in [0.25, 0.3) is 0 Å². The van der Waals surface area contributed by atoms with Crippen molar-refractivity contribution in [2.75, 3.05) is 13.1 Å². The third-order valence-electron chi connectivity index (χ3n) is 3.34. The number of nitrogens with zero attached hydrogens (tertiary/aromatic N) is 3. The van der Waals surface area contributed by atoms with Crippen molar-refractivity contribution in [1.82, 2.24) is 20.4 Å². The van der Waals surface area contributed by atoms with E-state index < -0.39 is 6.04 Å². The second-order valence-electron chi connectivity index (χ2n) is 6.03. The van der Waals surface area contributed by atoms with Crippen molar-refractivity contribution < 1.29 is 14.1 Å². The van der Waals surface area contributed by atoms with Gasteiger partial charge in [0.15, 0.2) is 6.33 Å². The van der Waals surface area contributed by atoms with Gasteiger partial charge < -0.3 is 14.7 Å². The number of nitrogens with one attached hydrogen (secondary N) is 1. The average molecular weight is 280 g/mol. The molecule has 1 aliphatic rings. The van der Waals surface area contributed by atoms with Crippen LogP contribution in [0.4, 0.5) is 0 Å². The van der Waals surface area contributed by atoms with E-state index in [9.17, 15) is 9.59 Å². The number of amides is 2. The maximum absolute atomic E-state index is 12.5. The molecule has 2 rings (SSSR count). The molecule has 1 saturated heterocycles. The Morgan fingerprint density at radius 2 is 2.20 bits per heavy atom. The van der Waals surface area contributed by atoms with Gasteiger partial charge in [-0.15, -0.1) is 0 Å². The van der Waals surface area contributed by atoms with Crippen LogP contribution in [-0.4, -0.2) is 46.0 Å². The van der Waals surface area contributed by atoms with E-state index in [2.05, 4.69) is 15.5 Å². The highest BCUT2D eigenvalue weighted by Gasteiger charge is 2.37. The Morgan fingerprint density at radius 3 is 2.80 bits per heavy atom. The van der Waals surface area contributed by atoms with Crippen LogP contribution in [0.5, 0.6) is 0 Å². The quantitative estimate of drug-likeness (QED) is 0.864. The first-order valence-corrected chi connectivity index (χ1v) is 6.71. The molecule has 0 aromatic carbocycles. The molecule has 2 heterocycles. The molecule has 1 aromatic heterocycles. The fourth-order valence-corrected chi connectivity index (χ4v) is 2.17. The molecule has 1 N–H and O–H groups in total. The summed E-state index contributed by atoms with van der Waals surface area (Å²) in [5, 5.41) is 6.34. The van der Waals surface area contributed by atoms with Crippen molar-refractivity contribution in [1.29, 1.82) is 0 Å². The molecule has 0 radical (unpaired) electrons. The molecule has 1 aliphatic heterocycles. The normalized spacial score (nSPS) is 20.8. The van der Waals surface area contributed by atoms with Crippen LogP contribution in [-0.2, 0) is 16.0 Å². The minimum absolute atomic E-state index is 0.0529. The smallest absolute Gasteiger partial charge is 0.245 e. The lowest BCUT2D eigenvalue weighted by molar-refractivity contribution is -0.136. The average Bonchev–Trinajstić information content (AvgIpc) is 2.82. The standard InChI is InChI=1S/C13H20N4O3/c1-13(2,3)11-12(19)17(6-4-9(18)16-11)7-5-10-14-8-15-20-10/h8,11H,4-7H2,1-3H3,(H,16,18). The van der Waals surface area contributed by atoms with Crippen LogP contribution in [0.1, 0.15) is 33.1 Å². The number of hydrogen-bond acceptors (Lipinski definition) is 5. The van der Waals surface area contributed by atoms with Crippen molar-refractivity contribution >= 4 is 11.8 Å². The zero-order valence-corrected chi connectivity index (χ0v) is 12.0. The van der Waals surface area contributed by atoms with Crippen molar-refractivity contribution in [2.24, 2.45) is 5.41 Å². The Kier molecular flexibility index (Phi) is 4.06. The summed E-state index contributed by atoms with van der Waals surface area (Å²) in [5.74, 6) is 0.357. The highest BCUT2D eigenvalue weighted by atomic mass is 16.5. The minimum atomic E-state index is -0.500. The Balaban J connectivity index is 2.07. The Hall–Kier alpha value is -1.92. The summed E-state index contributed by atoms with van der Waals surface area (Å²) < 4.78 is 4.92. The van der Waals surface area contributed by atoms with Gasteiger partial charge in [-0.1, -0.05) is 25.9 Å². The summed E-state index contributed by atoms with van der Waals surface area (Å²) in [6.45, 7) is 6.72. The molecule has 2 amide bonds. The molecular formula is C13H20N4O3. The molecule has 7 heteroatoms. The Morgan fingerprint density at radius 1 is 1.45 bits per heavy atom. The zero-order chi connectivity index (χ0) is 14.8. The lowest BCUT2D eigenvalue weighted by atomic mass is 9.86.